The molecule has 0 aliphatic carbocycles. The summed E-state index contributed by atoms with van der Waals surface area (Å²) in [7, 11) is 4.47. The van der Waals surface area contributed by atoms with E-state index in [2.05, 4.69) is 0 Å². The molecule has 1 atom stereocenters. The number of benzene rings is 3. The molecule has 1 amide bonds. The Labute approximate surface area is 222 Å². The van der Waals surface area contributed by atoms with Crippen LogP contribution >= 0.6 is 0 Å². The molecule has 0 radical (unpaired) electrons. The van der Waals surface area contributed by atoms with Gasteiger partial charge in [-0.15, -0.1) is 0 Å². The van der Waals surface area contributed by atoms with Crippen LogP contribution < -0.4 is 23.8 Å². The maximum absolute atomic E-state index is 13.5. The van der Waals surface area contributed by atoms with E-state index in [1.807, 2.05) is 26.0 Å². The largest absolute Gasteiger partial charge is 0.507 e. The van der Waals surface area contributed by atoms with Crippen LogP contribution in [0.15, 0.2) is 66.2 Å². The maximum atomic E-state index is 13.5. The summed E-state index contributed by atoms with van der Waals surface area (Å²) < 4.78 is 22.2. The Bertz CT molecular complexity index is 1350. The number of amides is 1. The fraction of sp³-hybridized carbons (Fsp3) is 0.267. The second-order valence-electron chi connectivity index (χ2n) is 8.79. The number of aliphatic hydroxyl groups excluding tert-OH is 1. The average Bonchev–Trinajstić information content (AvgIpc) is 3.20. The third-order valence-corrected chi connectivity index (χ3v) is 6.42. The van der Waals surface area contributed by atoms with Crippen LogP contribution in [0.3, 0.4) is 0 Å². The lowest BCUT2D eigenvalue weighted by Gasteiger charge is -2.27. The highest BCUT2D eigenvalue weighted by atomic mass is 16.5. The Morgan fingerprint density at radius 2 is 1.55 bits per heavy atom. The van der Waals surface area contributed by atoms with Crippen LogP contribution in [0.2, 0.25) is 0 Å². The lowest BCUT2D eigenvalue weighted by molar-refractivity contribution is -0.132. The minimum atomic E-state index is -0.958. The first-order valence-electron chi connectivity index (χ1n) is 12.3. The summed E-state index contributed by atoms with van der Waals surface area (Å²) >= 11 is 0. The fourth-order valence-electron chi connectivity index (χ4n) is 4.57. The fourth-order valence-corrected chi connectivity index (χ4v) is 4.57. The first-order chi connectivity index (χ1) is 18.4. The molecule has 1 aliphatic rings. The van der Waals surface area contributed by atoms with Crippen molar-refractivity contribution < 1.29 is 33.6 Å². The van der Waals surface area contributed by atoms with Gasteiger partial charge in [0.1, 0.15) is 11.5 Å². The summed E-state index contributed by atoms with van der Waals surface area (Å²) in [6.07, 6.45) is 0.860. The molecule has 8 nitrogen and oxygen atoms in total. The zero-order valence-electron chi connectivity index (χ0n) is 22.1. The van der Waals surface area contributed by atoms with E-state index in [4.69, 9.17) is 18.9 Å². The minimum Gasteiger partial charge on any atom is -0.507 e. The molecule has 1 N–H and O–H groups in total. The molecule has 4 rings (SSSR count). The molecule has 0 aromatic heterocycles. The number of ketones is 1. The third-order valence-electron chi connectivity index (χ3n) is 6.42. The van der Waals surface area contributed by atoms with Crippen molar-refractivity contribution in [3.63, 3.8) is 0 Å². The summed E-state index contributed by atoms with van der Waals surface area (Å²) in [5.41, 5.74) is 2.19. The molecule has 3 aromatic carbocycles. The van der Waals surface area contributed by atoms with Crippen LogP contribution in [-0.2, 0) is 9.59 Å². The maximum Gasteiger partial charge on any atom is 0.300 e. The number of hydrogen-bond acceptors (Lipinski definition) is 7. The van der Waals surface area contributed by atoms with Crippen LogP contribution in [0.4, 0.5) is 5.69 Å². The van der Waals surface area contributed by atoms with Gasteiger partial charge in [0.15, 0.2) is 11.5 Å². The molecule has 198 valence electrons. The van der Waals surface area contributed by atoms with E-state index in [0.29, 0.717) is 46.4 Å². The number of carbonyl (C=O) groups is 2. The van der Waals surface area contributed by atoms with Gasteiger partial charge in [0.05, 0.1) is 39.6 Å². The number of aliphatic hydroxyl groups is 1. The van der Waals surface area contributed by atoms with Gasteiger partial charge in [0.25, 0.3) is 11.7 Å². The van der Waals surface area contributed by atoms with E-state index in [-0.39, 0.29) is 11.3 Å². The zero-order chi connectivity index (χ0) is 27.4. The van der Waals surface area contributed by atoms with Crippen molar-refractivity contribution in [2.45, 2.75) is 26.3 Å². The molecular weight excluding hydrogens is 486 g/mol. The molecule has 3 aromatic rings. The van der Waals surface area contributed by atoms with E-state index >= 15 is 0 Å². The lowest BCUT2D eigenvalue weighted by Crippen LogP contribution is -2.30. The SMILES string of the molecule is CCCOc1ccc(/C(O)=C2\C(=O)C(=O)N(c3ccccc3C)C2c2cc(OC)c(OC)c(OC)c2)cc1. The van der Waals surface area contributed by atoms with Crippen molar-refractivity contribution >= 4 is 23.1 Å². The number of para-hydroxylation sites is 1. The van der Waals surface area contributed by atoms with E-state index in [9.17, 15) is 14.7 Å². The summed E-state index contributed by atoms with van der Waals surface area (Å²) in [5, 5.41) is 11.4. The lowest BCUT2D eigenvalue weighted by atomic mass is 9.94. The predicted molar refractivity (Wildman–Crippen MR) is 144 cm³/mol. The Morgan fingerprint density at radius 3 is 2.11 bits per heavy atom. The highest BCUT2D eigenvalue weighted by Crippen LogP contribution is 2.47. The quantitative estimate of drug-likeness (QED) is 0.230. The average molecular weight is 518 g/mol. The summed E-state index contributed by atoms with van der Waals surface area (Å²) in [4.78, 5) is 28.4. The molecule has 1 aliphatic heterocycles. The van der Waals surface area contributed by atoms with Crippen molar-refractivity contribution in [2.24, 2.45) is 0 Å². The van der Waals surface area contributed by atoms with Crippen LogP contribution in [0.5, 0.6) is 23.0 Å². The second-order valence-corrected chi connectivity index (χ2v) is 8.79. The van der Waals surface area contributed by atoms with Gasteiger partial charge in [-0.3, -0.25) is 14.5 Å². The molecule has 1 fully saturated rings. The molecule has 8 heteroatoms. The van der Waals surface area contributed by atoms with Gasteiger partial charge in [0.2, 0.25) is 5.75 Å². The van der Waals surface area contributed by atoms with Gasteiger partial charge < -0.3 is 24.1 Å². The molecular formula is C30H31NO7. The van der Waals surface area contributed by atoms with Crippen molar-refractivity contribution in [3.8, 4) is 23.0 Å². The van der Waals surface area contributed by atoms with Crippen LogP contribution in [-0.4, -0.2) is 44.7 Å². The Morgan fingerprint density at radius 1 is 0.921 bits per heavy atom. The van der Waals surface area contributed by atoms with Crippen molar-refractivity contribution in [3.05, 3.63) is 82.9 Å². The number of methoxy groups -OCH3 is 3. The highest BCUT2D eigenvalue weighted by molar-refractivity contribution is 6.51. The van der Waals surface area contributed by atoms with Gasteiger partial charge in [-0.05, 0) is 66.9 Å². The molecule has 0 saturated carbocycles. The summed E-state index contributed by atoms with van der Waals surface area (Å²) in [6.45, 7) is 4.43. The van der Waals surface area contributed by atoms with Gasteiger partial charge in [-0.25, -0.2) is 0 Å². The van der Waals surface area contributed by atoms with E-state index < -0.39 is 17.7 Å². The van der Waals surface area contributed by atoms with Crippen molar-refractivity contribution in [1.82, 2.24) is 0 Å². The van der Waals surface area contributed by atoms with E-state index in [1.54, 1.807) is 48.5 Å². The first kappa shape index (κ1) is 26.6. The Hall–Kier alpha value is -4.46. The van der Waals surface area contributed by atoms with Crippen molar-refractivity contribution in [1.29, 1.82) is 0 Å². The normalized spacial score (nSPS) is 16.4. The second kappa shape index (κ2) is 11.3. The number of hydrogen-bond donors (Lipinski definition) is 1. The number of rotatable bonds is 9. The number of carbonyl (C=O) groups excluding carboxylic acids is 2. The van der Waals surface area contributed by atoms with Crippen LogP contribution in [0.25, 0.3) is 5.76 Å². The number of anilines is 1. The molecule has 1 saturated heterocycles. The number of ether oxygens (including phenoxy) is 4. The van der Waals surface area contributed by atoms with Crippen molar-refractivity contribution in [2.75, 3.05) is 32.8 Å². The molecule has 38 heavy (non-hydrogen) atoms. The Balaban J connectivity index is 1.95. The number of Topliss-reactive ketones (excluding diaryl/α,β-unsaturated/α-hetero) is 1. The minimum absolute atomic E-state index is 0.0465. The standard InChI is InChI=1S/C30H31NO7/c1-6-15-38-21-13-11-19(12-14-21)27(32)25-26(20-16-23(35-3)29(37-5)24(17-20)36-4)31(30(34)28(25)33)22-10-8-7-9-18(22)2/h7-14,16-17,26,32H,6,15H2,1-5H3/b27-25+. The van der Waals surface area contributed by atoms with Crippen LogP contribution in [0, 0.1) is 6.92 Å². The smallest absolute Gasteiger partial charge is 0.300 e. The third kappa shape index (κ3) is 4.77. The number of nitrogens with zero attached hydrogens (tertiary/aromatic N) is 1. The Kier molecular flexibility index (Phi) is 7.90. The van der Waals surface area contributed by atoms with Gasteiger partial charge >= 0.3 is 0 Å². The van der Waals surface area contributed by atoms with Gasteiger partial charge in [-0.1, -0.05) is 25.1 Å². The summed E-state index contributed by atoms with van der Waals surface area (Å²) in [6, 6.07) is 16.4. The summed E-state index contributed by atoms with van der Waals surface area (Å²) in [5.74, 6) is -0.109. The van der Waals surface area contributed by atoms with E-state index in [1.165, 1.54) is 26.2 Å². The number of aryl methyl sites for hydroxylation is 1. The molecule has 1 unspecified atom stereocenters. The molecule has 1 heterocycles. The highest BCUT2D eigenvalue weighted by Gasteiger charge is 2.47. The molecule has 0 spiro atoms. The monoisotopic (exact) mass is 517 g/mol. The van der Waals surface area contributed by atoms with Gasteiger partial charge in [0, 0.05) is 11.3 Å². The van der Waals surface area contributed by atoms with E-state index in [0.717, 1.165) is 12.0 Å². The van der Waals surface area contributed by atoms with Crippen LogP contribution in [0.1, 0.15) is 36.1 Å². The van der Waals surface area contributed by atoms with Gasteiger partial charge in [-0.2, -0.15) is 0 Å². The molecule has 0 bridgehead atoms. The zero-order valence-corrected chi connectivity index (χ0v) is 22.1. The predicted octanol–water partition coefficient (Wildman–Crippen LogP) is 5.44. The topological polar surface area (TPSA) is 94.5 Å². The first-order valence-corrected chi connectivity index (χ1v) is 12.3.